The maximum Gasteiger partial charge on any atom is 0.349 e. The van der Waals surface area contributed by atoms with Crippen molar-refractivity contribution in [3.05, 3.63) is 35.4 Å². The summed E-state index contributed by atoms with van der Waals surface area (Å²) in [7, 11) is 3.88. The van der Waals surface area contributed by atoms with E-state index in [1.54, 1.807) is 0 Å². The molecule has 1 aromatic carbocycles. The highest BCUT2D eigenvalue weighted by atomic mass is 16.5. The van der Waals surface area contributed by atoms with Gasteiger partial charge in [-0.25, -0.2) is 4.79 Å². The van der Waals surface area contributed by atoms with Crippen molar-refractivity contribution in [3.8, 4) is 6.07 Å². The van der Waals surface area contributed by atoms with Crippen molar-refractivity contribution in [2.45, 2.75) is 44.1 Å². The summed E-state index contributed by atoms with van der Waals surface area (Å²) in [6.07, 6.45) is 8.53. The first kappa shape index (κ1) is 20.5. The lowest BCUT2D eigenvalue weighted by Gasteiger charge is -2.56. The third-order valence-corrected chi connectivity index (χ3v) is 6.84. The summed E-state index contributed by atoms with van der Waals surface area (Å²) in [4.78, 5) is 26.8. The number of nitrogens with one attached hydrogen (secondary N) is 1. The van der Waals surface area contributed by atoms with Crippen molar-refractivity contribution in [2.24, 2.45) is 17.8 Å². The lowest BCUT2D eigenvalue weighted by molar-refractivity contribution is -0.146. The Morgan fingerprint density at radius 2 is 1.70 bits per heavy atom. The summed E-state index contributed by atoms with van der Waals surface area (Å²) in [5.41, 5.74) is 1.53. The van der Waals surface area contributed by atoms with Gasteiger partial charge in [-0.2, -0.15) is 5.26 Å². The molecule has 0 unspecified atom stereocenters. The summed E-state index contributed by atoms with van der Waals surface area (Å²) < 4.78 is 5.15. The van der Waals surface area contributed by atoms with E-state index in [1.807, 2.05) is 49.3 Å². The zero-order valence-electron chi connectivity index (χ0n) is 17.7. The van der Waals surface area contributed by atoms with Crippen molar-refractivity contribution >= 4 is 23.6 Å². The molecule has 0 atom stereocenters. The second-order valence-corrected chi connectivity index (χ2v) is 9.48. The Morgan fingerprint density at radius 1 is 1.13 bits per heavy atom. The Bertz CT molecular complexity index is 860. The van der Waals surface area contributed by atoms with E-state index in [0.717, 1.165) is 48.3 Å². The molecular weight excluding hydrogens is 378 g/mol. The Morgan fingerprint density at radius 3 is 2.20 bits per heavy atom. The first-order chi connectivity index (χ1) is 14.4. The molecule has 5 rings (SSSR count). The van der Waals surface area contributed by atoms with Crippen molar-refractivity contribution in [1.29, 1.82) is 5.26 Å². The van der Waals surface area contributed by atoms with E-state index in [2.05, 4.69) is 5.32 Å². The summed E-state index contributed by atoms with van der Waals surface area (Å²) in [5, 5.41) is 12.5. The van der Waals surface area contributed by atoms with E-state index in [-0.39, 0.29) is 23.6 Å². The van der Waals surface area contributed by atoms with Crippen molar-refractivity contribution in [3.63, 3.8) is 0 Å². The molecule has 0 spiro atoms. The van der Waals surface area contributed by atoms with Crippen LogP contribution in [0.1, 0.15) is 44.1 Å². The normalized spacial score (nSPS) is 29.2. The number of hydrogen-bond donors (Lipinski definition) is 1. The molecule has 4 aliphatic rings. The van der Waals surface area contributed by atoms with Crippen molar-refractivity contribution in [1.82, 2.24) is 5.32 Å². The lowest BCUT2D eigenvalue weighted by Crippen LogP contribution is -2.60. The first-order valence-corrected chi connectivity index (χ1v) is 10.7. The third kappa shape index (κ3) is 4.35. The number of benzene rings is 1. The number of carbonyl (C=O) groups is 2. The quantitative estimate of drug-likeness (QED) is 0.445. The third-order valence-electron chi connectivity index (χ3n) is 6.84. The monoisotopic (exact) mass is 407 g/mol. The Hall–Kier alpha value is -2.81. The van der Waals surface area contributed by atoms with Crippen LogP contribution in [0.15, 0.2) is 29.8 Å². The molecule has 1 N–H and O–H groups in total. The van der Waals surface area contributed by atoms with Gasteiger partial charge in [0.2, 0.25) is 0 Å². The fourth-order valence-electron chi connectivity index (χ4n) is 5.98. The van der Waals surface area contributed by atoms with Crippen LogP contribution in [-0.2, 0) is 14.3 Å². The minimum Gasteiger partial charge on any atom is -0.451 e. The summed E-state index contributed by atoms with van der Waals surface area (Å²) in [6, 6.07) is 9.36. The number of anilines is 1. The van der Waals surface area contributed by atoms with Gasteiger partial charge >= 0.3 is 5.97 Å². The number of amides is 1. The van der Waals surface area contributed by atoms with Crippen LogP contribution in [0.2, 0.25) is 0 Å². The molecule has 6 heteroatoms. The zero-order chi connectivity index (χ0) is 21.3. The molecule has 30 heavy (non-hydrogen) atoms. The highest BCUT2D eigenvalue weighted by Crippen LogP contribution is 2.55. The van der Waals surface area contributed by atoms with Crippen LogP contribution >= 0.6 is 0 Å². The van der Waals surface area contributed by atoms with E-state index >= 15 is 0 Å². The highest BCUT2D eigenvalue weighted by molar-refractivity contribution is 5.98. The molecule has 0 radical (unpaired) electrons. The molecule has 1 aromatic rings. The second-order valence-electron chi connectivity index (χ2n) is 9.48. The maximum absolute atomic E-state index is 12.5. The van der Waals surface area contributed by atoms with Crippen LogP contribution in [0.5, 0.6) is 0 Å². The molecule has 4 fully saturated rings. The standard InChI is InChI=1S/C24H29N3O3/c1-27(2)21-5-3-16(4-6-21)10-20(14-25)23(29)30-15-22(28)26-24-11-17-7-18(12-24)9-19(8-17)13-24/h3-6,10,17-19H,7-9,11-13,15H2,1-2H3,(H,26,28)/b20-10+. The predicted octanol–water partition coefficient (Wildman–Crippen LogP) is 3.29. The number of esters is 1. The van der Waals surface area contributed by atoms with Gasteiger partial charge in [-0.1, -0.05) is 12.1 Å². The summed E-state index contributed by atoms with van der Waals surface area (Å²) >= 11 is 0. The van der Waals surface area contributed by atoms with E-state index in [4.69, 9.17) is 4.74 Å². The predicted molar refractivity (Wildman–Crippen MR) is 114 cm³/mol. The van der Waals surface area contributed by atoms with Crippen molar-refractivity contribution in [2.75, 3.05) is 25.6 Å². The molecule has 0 aliphatic heterocycles. The molecular formula is C24H29N3O3. The molecule has 0 aromatic heterocycles. The minimum absolute atomic E-state index is 0.111. The van der Waals surface area contributed by atoms with Crippen LogP contribution in [0.25, 0.3) is 6.08 Å². The molecule has 6 nitrogen and oxygen atoms in total. The average Bonchev–Trinajstić information content (AvgIpc) is 2.69. The molecule has 158 valence electrons. The number of ether oxygens (including phenoxy) is 1. The topological polar surface area (TPSA) is 82.4 Å². The molecule has 0 saturated heterocycles. The van der Waals surface area contributed by atoms with E-state index in [0.29, 0.717) is 0 Å². The number of nitriles is 1. The van der Waals surface area contributed by atoms with Gasteiger partial charge in [-0.3, -0.25) is 4.79 Å². The Kier molecular flexibility index (Phi) is 5.55. The molecule has 4 aliphatic carbocycles. The van der Waals surface area contributed by atoms with Gasteiger partial charge in [0.15, 0.2) is 6.61 Å². The van der Waals surface area contributed by atoms with Crippen LogP contribution < -0.4 is 10.2 Å². The smallest absolute Gasteiger partial charge is 0.349 e. The van der Waals surface area contributed by atoms with Crippen LogP contribution in [0.4, 0.5) is 5.69 Å². The Labute approximate surface area is 177 Å². The fraction of sp³-hybridized carbons (Fsp3) is 0.542. The summed E-state index contributed by atoms with van der Waals surface area (Å²) in [6.45, 7) is -0.348. The van der Waals surface area contributed by atoms with E-state index < -0.39 is 5.97 Å². The van der Waals surface area contributed by atoms with Crippen molar-refractivity contribution < 1.29 is 14.3 Å². The lowest BCUT2D eigenvalue weighted by atomic mass is 9.53. The fourth-order valence-corrected chi connectivity index (χ4v) is 5.98. The van der Waals surface area contributed by atoms with E-state index in [1.165, 1.54) is 25.3 Å². The van der Waals surface area contributed by atoms with Crippen LogP contribution in [0.3, 0.4) is 0 Å². The SMILES string of the molecule is CN(C)c1ccc(/C=C(\C#N)C(=O)OCC(=O)NC23CC4CC(CC(C4)C2)C3)cc1. The number of carbonyl (C=O) groups excluding carboxylic acids is 2. The average molecular weight is 408 g/mol. The van der Waals surface area contributed by atoms with Gasteiger partial charge < -0.3 is 15.0 Å². The van der Waals surface area contributed by atoms with Gasteiger partial charge in [0.25, 0.3) is 5.91 Å². The highest BCUT2D eigenvalue weighted by Gasteiger charge is 2.51. The van der Waals surface area contributed by atoms with Gasteiger partial charge in [-0.15, -0.1) is 0 Å². The summed E-state index contributed by atoms with van der Waals surface area (Å²) in [5.74, 6) is 1.15. The number of rotatable bonds is 6. The maximum atomic E-state index is 12.5. The Balaban J connectivity index is 1.33. The number of nitrogens with zero attached hydrogens (tertiary/aromatic N) is 2. The zero-order valence-corrected chi connectivity index (χ0v) is 17.7. The van der Waals surface area contributed by atoms with Gasteiger partial charge in [0.05, 0.1) is 0 Å². The number of hydrogen-bond acceptors (Lipinski definition) is 5. The molecule has 1 amide bonds. The van der Waals surface area contributed by atoms with Gasteiger partial charge in [0.1, 0.15) is 11.6 Å². The first-order valence-electron chi connectivity index (χ1n) is 10.7. The molecule has 4 saturated carbocycles. The van der Waals surface area contributed by atoms with Gasteiger partial charge in [0, 0.05) is 25.3 Å². The van der Waals surface area contributed by atoms with Gasteiger partial charge in [-0.05, 0) is 80.1 Å². The van der Waals surface area contributed by atoms with Crippen LogP contribution in [-0.4, -0.2) is 38.1 Å². The largest absolute Gasteiger partial charge is 0.451 e. The second kappa shape index (κ2) is 8.14. The minimum atomic E-state index is -0.769. The molecule has 4 bridgehead atoms. The molecule has 0 heterocycles. The van der Waals surface area contributed by atoms with Crippen LogP contribution in [0, 0.1) is 29.1 Å². The van der Waals surface area contributed by atoms with E-state index in [9.17, 15) is 14.9 Å².